The molecule has 2 fully saturated rings. The summed E-state index contributed by atoms with van der Waals surface area (Å²) < 4.78 is 30.0. The Kier molecular flexibility index (Phi) is 4.26. The molecule has 10 nitrogen and oxygen atoms in total. The first-order valence-corrected chi connectivity index (χ1v) is 11.3. The molecule has 174 valence electrons. The third kappa shape index (κ3) is 3.69. The molecule has 4 aromatic rings. The third-order valence-corrected chi connectivity index (χ3v) is 6.52. The normalized spacial score (nSPS) is 21.7. The molecule has 2 atom stereocenters. The molecule has 0 spiro atoms. The maximum Gasteiger partial charge on any atom is 0.228 e. The van der Waals surface area contributed by atoms with Gasteiger partial charge in [0, 0.05) is 58.8 Å². The molecular weight excluding hydrogens is 432 g/mol. The number of anilines is 3. The molecule has 34 heavy (non-hydrogen) atoms. The first-order chi connectivity index (χ1) is 17.7. The smallest absolute Gasteiger partial charge is 0.228 e. The topological polar surface area (TPSA) is 110 Å². The molecule has 2 N–H and O–H groups in total. The average molecular weight is 462 g/mol. The van der Waals surface area contributed by atoms with Crippen LogP contribution in [0, 0.1) is 11.8 Å². The fourth-order valence-corrected chi connectivity index (χ4v) is 4.38. The van der Waals surface area contributed by atoms with Crippen LogP contribution in [0.15, 0.2) is 36.8 Å². The number of hydrogen-bond donors (Lipinski definition) is 2. The van der Waals surface area contributed by atoms with Gasteiger partial charge in [0.1, 0.15) is 11.6 Å². The van der Waals surface area contributed by atoms with Gasteiger partial charge in [-0.2, -0.15) is 0 Å². The summed E-state index contributed by atoms with van der Waals surface area (Å²) in [5.74, 6) is 1.25. The standard InChI is InChI=1S/C24H26N8O2/c1-14-9-16(14)24(33)28-20-10-17-18(11-26-20)22(25-2)27-12-19(17)23-29-21-4-3-15(13-32(21)30-23)31-5-7-34-8-6-31/h3-4,10-14,16H,5-9H2,1-2H3,(H,25,27)(H,26,28,33)/t14-,16+/m1/s1/i2D3. The first kappa shape index (κ1) is 17.7. The Morgan fingerprint density at radius 1 is 1.21 bits per heavy atom. The van der Waals surface area contributed by atoms with Crippen molar-refractivity contribution in [1.29, 1.82) is 0 Å². The Morgan fingerprint density at radius 2 is 2.06 bits per heavy atom. The fourth-order valence-electron chi connectivity index (χ4n) is 4.38. The van der Waals surface area contributed by atoms with Crippen LogP contribution >= 0.6 is 0 Å². The number of nitrogens with one attached hydrogen (secondary N) is 2. The van der Waals surface area contributed by atoms with Crippen molar-refractivity contribution < 1.29 is 13.6 Å². The van der Waals surface area contributed by atoms with Gasteiger partial charge in [0.05, 0.1) is 25.1 Å². The van der Waals surface area contributed by atoms with Crippen LogP contribution in [-0.2, 0) is 9.53 Å². The summed E-state index contributed by atoms with van der Waals surface area (Å²) in [7, 11) is 0. The Morgan fingerprint density at radius 3 is 2.85 bits per heavy atom. The number of carbonyl (C=O) groups excluding carboxylic acids is 1. The lowest BCUT2D eigenvalue weighted by molar-refractivity contribution is -0.117. The molecule has 0 radical (unpaired) electrons. The lowest BCUT2D eigenvalue weighted by atomic mass is 10.1. The van der Waals surface area contributed by atoms with Crippen molar-refractivity contribution in [3.8, 4) is 11.4 Å². The highest BCUT2D eigenvalue weighted by Crippen LogP contribution is 2.39. The van der Waals surface area contributed by atoms with Crippen LogP contribution < -0.4 is 15.5 Å². The van der Waals surface area contributed by atoms with Gasteiger partial charge in [-0.3, -0.25) is 4.79 Å². The van der Waals surface area contributed by atoms with Gasteiger partial charge in [0.2, 0.25) is 5.91 Å². The lowest BCUT2D eigenvalue weighted by Gasteiger charge is -2.28. The molecule has 2 aliphatic rings. The van der Waals surface area contributed by atoms with E-state index in [1.54, 1.807) is 16.8 Å². The molecule has 6 rings (SSSR count). The Hall–Kier alpha value is -3.79. The molecule has 1 saturated carbocycles. The average Bonchev–Trinajstić information content (AvgIpc) is 3.46. The zero-order valence-corrected chi connectivity index (χ0v) is 18.7. The molecule has 5 heterocycles. The van der Waals surface area contributed by atoms with Crippen LogP contribution in [0.2, 0.25) is 0 Å². The number of rotatable bonds is 5. The zero-order valence-electron chi connectivity index (χ0n) is 21.7. The van der Waals surface area contributed by atoms with Crippen molar-refractivity contribution in [2.24, 2.45) is 11.8 Å². The highest BCUT2D eigenvalue weighted by molar-refractivity contribution is 6.03. The Balaban J connectivity index is 1.41. The molecule has 0 bridgehead atoms. The van der Waals surface area contributed by atoms with Gasteiger partial charge in [-0.1, -0.05) is 6.92 Å². The van der Waals surface area contributed by atoms with Crippen LogP contribution in [0.5, 0.6) is 0 Å². The second-order valence-corrected chi connectivity index (χ2v) is 8.79. The van der Waals surface area contributed by atoms with Crippen molar-refractivity contribution in [3.05, 3.63) is 36.8 Å². The van der Waals surface area contributed by atoms with Gasteiger partial charge in [0.15, 0.2) is 11.5 Å². The van der Waals surface area contributed by atoms with E-state index in [2.05, 4.69) is 25.5 Å². The highest BCUT2D eigenvalue weighted by atomic mass is 16.5. The van der Waals surface area contributed by atoms with Crippen LogP contribution in [-0.4, -0.2) is 63.8 Å². The van der Waals surface area contributed by atoms with Crippen LogP contribution in [0.4, 0.5) is 17.3 Å². The number of nitrogens with zero attached hydrogens (tertiary/aromatic N) is 6. The van der Waals surface area contributed by atoms with E-state index in [0.29, 0.717) is 52.8 Å². The monoisotopic (exact) mass is 461 g/mol. The lowest BCUT2D eigenvalue weighted by Crippen LogP contribution is -2.36. The summed E-state index contributed by atoms with van der Waals surface area (Å²) in [5, 5.41) is 11.2. The number of carbonyl (C=O) groups is 1. The molecule has 1 saturated heterocycles. The Labute approximate surface area is 200 Å². The molecule has 0 unspecified atom stereocenters. The minimum Gasteiger partial charge on any atom is -0.378 e. The molecule has 0 aromatic carbocycles. The van der Waals surface area contributed by atoms with Gasteiger partial charge in [0.25, 0.3) is 0 Å². The molecule has 1 amide bonds. The molecule has 1 aliphatic carbocycles. The quantitative estimate of drug-likeness (QED) is 0.467. The summed E-state index contributed by atoms with van der Waals surface area (Å²) >= 11 is 0. The van der Waals surface area contributed by atoms with Gasteiger partial charge in [-0.25, -0.2) is 19.5 Å². The largest absolute Gasteiger partial charge is 0.378 e. The first-order valence-electron chi connectivity index (χ1n) is 12.8. The number of amides is 1. The van der Waals surface area contributed by atoms with Crippen molar-refractivity contribution >= 4 is 39.6 Å². The van der Waals surface area contributed by atoms with E-state index in [0.717, 1.165) is 25.2 Å². The Bertz CT molecular complexity index is 1500. The summed E-state index contributed by atoms with van der Waals surface area (Å²) in [4.78, 5) is 28.2. The van der Waals surface area contributed by atoms with Gasteiger partial charge >= 0.3 is 0 Å². The number of aromatic nitrogens is 5. The summed E-state index contributed by atoms with van der Waals surface area (Å²) in [6.07, 6.45) is 5.85. The number of ether oxygens (including phenoxy) is 1. The van der Waals surface area contributed by atoms with Gasteiger partial charge in [-0.05, 0) is 30.5 Å². The van der Waals surface area contributed by atoms with E-state index < -0.39 is 6.98 Å². The van der Waals surface area contributed by atoms with Crippen molar-refractivity contribution in [2.75, 3.05) is 48.8 Å². The molecular formula is C24H26N8O2. The molecule has 10 heteroatoms. The van der Waals surface area contributed by atoms with E-state index in [-0.39, 0.29) is 17.6 Å². The number of hydrogen-bond acceptors (Lipinski definition) is 8. The maximum atomic E-state index is 12.5. The maximum absolute atomic E-state index is 12.5. The molecule has 4 aromatic heterocycles. The minimum atomic E-state index is -2.44. The minimum absolute atomic E-state index is 0.0111. The van der Waals surface area contributed by atoms with E-state index in [1.165, 1.54) is 6.20 Å². The number of pyridine rings is 3. The predicted octanol–water partition coefficient (Wildman–Crippen LogP) is 2.81. The van der Waals surface area contributed by atoms with Crippen LogP contribution in [0.3, 0.4) is 0 Å². The van der Waals surface area contributed by atoms with Crippen molar-refractivity contribution in [1.82, 2.24) is 24.6 Å². The predicted molar refractivity (Wildman–Crippen MR) is 130 cm³/mol. The summed E-state index contributed by atoms with van der Waals surface area (Å²) in [6, 6.07) is 5.63. The summed E-state index contributed by atoms with van der Waals surface area (Å²) in [6.45, 7) is 2.58. The van der Waals surface area contributed by atoms with E-state index in [9.17, 15) is 4.79 Å². The van der Waals surface area contributed by atoms with Crippen LogP contribution in [0.25, 0.3) is 27.8 Å². The van der Waals surface area contributed by atoms with Crippen LogP contribution in [0.1, 0.15) is 17.5 Å². The molecule has 1 aliphatic heterocycles. The third-order valence-electron chi connectivity index (χ3n) is 6.52. The van der Waals surface area contributed by atoms with Gasteiger partial charge < -0.3 is 20.3 Å². The van der Waals surface area contributed by atoms with E-state index in [4.69, 9.17) is 18.9 Å². The second kappa shape index (κ2) is 8.21. The van der Waals surface area contributed by atoms with Gasteiger partial charge in [-0.15, -0.1) is 5.10 Å². The second-order valence-electron chi connectivity index (χ2n) is 8.79. The van der Waals surface area contributed by atoms with Crippen molar-refractivity contribution in [2.45, 2.75) is 13.3 Å². The zero-order chi connectivity index (χ0) is 25.7. The SMILES string of the molecule is [2H]C([2H])([2H])Nc1ncc(-c2nc3ccc(N4CCOCC4)cn3n2)c2cc(NC(=O)[C@H]3C[C@H]3C)ncc12. The number of fused-ring (bicyclic) bond motifs is 2. The fraction of sp³-hybridized carbons (Fsp3) is 0.375. The van der Waals surface area contributed by atoms with E-state index >= 15 is 0 Å². The summed E-state index contributed by atoms with van der Waals surface area (Å²) in [5.41, 5.74) is 2.28. The highest BCUT2D eigenvalue weighted by Gasteiger charge is 2.39. The van der Waals surface area contributed by atoms with E-state index in [1.807, 2.05) is 25.3 Å². The van der Waals surface area contributed by atoms with Crippen molar-refractivity contribution in [3.63, 3.8) is 0 Å². The number of morpholine rings is 1.